The van der Waals surface area contributed by atoms with E-state index in [-0.39, 0.29) is 13.4 Å². The van der Waals surface area contributed by atoms with Crippen LogP contribution in [-0.2, 0) is 0 Å². The molecule has 0 unspecified atom stereocenters. The van der Waals surface area contributed by atoms with Gasteiger partial charge in [-0.15, -0.1) is 0 Å². The number of benzene rings is 5. The van der Waals surface area contributed by atoms with E-state index in [1.165, 1.54) is 69.0 Å². The molecule has 0 N–H and O–H groups in total. The van der Waals surface area contributed by atoms with Crippen LogP contribution in [0, 0.1) is 0 Å². The molecule has 0 saturated heterocycles. The normalized spacial score (nSPS) is 14.2. The molecule has 0 radical (unpaired) electrons. The van der Waals surface area contributed by atoms with Crippen LogP contribution in [-0.4, -0.2) is 13.4 Å². The number of hydrogen-bond acceptors (Lipinski definition) is 3. The van der Waals surface area contributed by atoms with Gasteiger partial charge in [-0.1, -0.05) is 148 Å². The number of para-hydroxylation sites is 1. The first-order valence-corrected chi connectivity index (χ1v) is 17.6. The minimum atomic E-state index is 0.160. The molecule has 0 atom stereocenters. The van der Waals surface area contributed by atoms with Gasteiger partial charge in [-0.2, -0.15) is 0 Å². The monoisotopic (exact) mass is 606 g/mol. The molecule has 3 aliphatic rings. The second-order valence-corrected chi connectivity index (χ2v) is 15.6. The lowest BCUT2D eigenvalue weighted by molar-refractivity contribution is 0.486. The van der Waals surface area contributed by atoms with Gasteiger partial charge < -0.3 is 4.74 Å². The fourth-order valence-corrected chi connectivity index (χ4v) is 9.91. The zero-order valence-electron chi connectivity index (χ0n) is 26.3. The highest BCUT2D eigenvalue weighted by atomic mass is 32.2. The average molecular weight is 606 g/mol. The van der Waals surface area contributed by atoms with E-state index in [0.717, 1.165) is 11.5 Å². The summed E-state index contributed by atoms with van der Waals surface area (Å²) in [6, 6.07) is 34.4. The summed E-state index contributed by atoms with van der Waals surface area (Å²) in [6.45, 7) is 14.5. The molecule has 0 aliphatic carbocycles. The summed E-state index contributed by atoms with van der Waals surface area (Å²) in [6.07, 6.45) is 0. The third-order valence-corrected chi connectivity index (χ3v) is 12.0. The van der Waals surface area contributed by atoms with Crippen LogP contribution in [0.3, 0.4) is 0 Å². The molecular formula is C39H36B2OS2. The number of rotatable bonds is 4. The van der Waals surface area contributed by atoms with Gasteiger partial charge in [0.1, 0.15) is 11.5 Å². The lowest BCUT2D eigenvalue weighted by Gasteiger charge is -2.36. The average Bonchev–Trinajstić information content (AvgIpc) is 3.02. The minimum absolute atomic E-state index is 0.160. The van der Waals surface area contributed by atoms with Crippen molar-refractivity contribution in [2.75, 3.05) is 0 Å². The Labute approximate surface area is 271 Å². The van der Waals surface area contributed by atoms with Gasteiger partial charge in [0, 0.05) is 19.6 Å². The Hall–Kier alpha value is -3.27. The molecule has 0 spiro atoms. The molecule has 216 valence electrons. The van der Waals surface area contributed by atoms with Crippen LogP contribution in [0.1, 0.15) is 76.0 Å². The first-order valence-electron chi connectivity index (χ1n) is 16.0. The zero-order chi connectivity index (χ0) is 30.3. The number of hydrogen-bond donors (Lipinski definition) is 0. The number of fused-ring (bicyclic) bond motifs is 6. The van der Waals surface area contributed by atoms with Gasteiger partial charge in [0.15, 0.2) is 0 Å². The minimum Gasteiger partial charge on any atom is -0.458 e. The van der Waals surface area contributed by atoms with Gasteiger partial charge in [-0.05, 0) is 75.7 Å². The van der Waals surface area contributed by atoms with Gasteiger partial charge in [0.25, 0.3) is 6.71 Å². The van der Waals surface area contributed by atoms with E-state index >= 15 is 0 Å². The summed E-state index contributed by atoms with van der Waals surface area (Å²) in [5, 5.41) is 0. The third kappa shape index (κ3) is 4.34. The van der Waals surface area contributed by atoms with Crippen molar-refractivity contribution in [1.29, 1.82) is 0 Å². The van der Waals surface area contributed by atoms with Crippen LogP contribution in [0.5, 0.6) is 11.5 Å². The van der Waals surface area contributed by atoms with Crippen molar-refractivity contribution in [3.63, 3.8) is 0 Å². The Morgan fingerprint density at radius 3 is 1.73 bits per heavy atom. The molecule has 0 amide bonds. The molecule has 5 heteroatoms. The van der Waals surface area contributed by atoms with E-state index < -0.39 is 0 Å². The largest absolute Gasteiger partial charge is 0.458 e. The molecule has 8 rings (SSSR count). The molecular weight excluding hydrogens is 570 g/mol. The van der Waals surface area contributed by atoms with E-state index in [9.17, 15) is 0 Å². The van der Waals surface area contributed by atoms with Gasteiger partial charge in [-0.25, -0.2) is 0 Å². The Morgan fingerprint density at radius 2 is 1.05 bits per heavy atom. The lowest BCUT2D eigenvalue weighted by Crippen LogP contribution is -2.62. The van der Waals surface area contributed by atoms with Crippen LogP contribution < -0.4 is 37.5 Å². The van der Waals surface area contributed by atoms with E-state index in [4.69, 9.17) is 4.74 Å². The summed E-state index contributed by atoms with van der Waals surface area (Å²) in [5.41, 5.74) is 12.8. The molecule has 3 heterocycles. The summed E-state index contributed by atoms with van der Waals surface area (Å²) in [4.78, 5) is 5.43. The predicted molar refractivity (Wildman–Crippen MR) is 192 cm³/mol. The predicted octanol–water partition coefficient (Wildman–Crippen LogP) is 7.12. The van der Waals surface area contributed by atoms with Gasteiger partial charge >= 0.3 is 0 Å². The molecule has 5 aromatic rings. The second-order valence-electron chi connectivity index (χ2n) is 13.4. The molecule has 5 aromatic carbocycles. The standard InChI is InChI=1S/C39H36B2OS2/c1-22(2)25-18-26(23(3)4)38(27(19-25)24(5)6)41-29-13-8-10-16-34(29)43-36-21-37-30(20-31(36)41)40-28-12-7-9-14-32(28)42-33-15-11-17-35(44-37)39(33)40/h7-24H,1-6H3. The highest BCUT2D eigenvalue weighted by Gasteiger charge is 2.42. The molecule has 0 bridgehead atoms. The van der Waals surface area contributed by atoms with Crippen LogP contribution >= 0.6 is 23.5 Å². The van der Waals surface area contributed by atoms with E-state index in [0.29, 0.717) is 17.8 Å². The first kappa shape index (κ1) is 28.2. The topological polar surface area (TPSA) is 9.23 Å². The third-order valence-electron chi connectivity index (χ3n) is 9.66. The quantitative estimate of drug-likeness (QED) is 0.198. The van der Waals surface area contributed by atoms with Crippen molar-refractivity contribution in [3.05, 3.63) is 108 Å². The van der Waals surface area contributed by atoms with E-state index in [2.05, 4.69) is 133 Å². The molecule has 44 heavy (non-hydrogen) atoms. The smallest absolute Gasteiger partial charge is 0.253 e. The molecule has 0 saturated carbocycles. The van der Waals surface area contributed by atoms with Crippen molar-refractivity contribution in [2.45, 2.75) is 78.9 Å². The van der Waals surface area contributed by atoms with E-state index in [1.807, 2.05) is 23.5 Å². The van der Waals surface area contributed by atoms with Gasteiger partial charge in [0.2, 0.25) is 6.71 Å². The fraction of sp³-hybridized carbons (Fsp3) is 0.231. The zero-order valence-corrected chi connectivity index (χ0v) is 27.9. The second kappa shape index (κ2) is 10.7. The Kier molecular flexibility index (Phi) is 6.84. The van der Waals surface area contributed by atoms with Crippen LogP contribution in [0.15, 0.2) is 111 Å². The maximum atomic E-state index is 6.49. The molecule has 1 nitrogen and oxygen atoms in total. The summed E-state index contributed by atoms with van der Waals surface area (Å²) < 4.78 is 6.49. The van der Waals surface area contributed by atoms with Crippen molar-refractivity contribution >= 4 is 69.7 Å². The van der Waals surface area contributed by atoms with Crippen LogP contribution in [0.25, 0.3) is 0 Å². The Morgan fingerprint density at radius 1 is 0.477 bits per heavy atom. The molecule has 3 aliphatic heterocycles. The Bertz CT molecular complexity index is 1930. The summed E-state index contributed by atoms with van der Waals surface area (Å²) >= 11 is 3.85. The summed E-state index contributed by atoms with van der Waals surface area (Å²) in [7, 11) is 0. The van der Waals surface area contributed by atoms with Crippen molar-refractivity contribution in [3.8, 4) is 11.5 Å². The Balaban J connectivity index is 1.42. The fourth-order valence-electron chi connectivity index (χ4n) is 7.49. The van der Waals surface area contributed by atoms with Crippen LogP contribution in [0.4, 0.5) is 0 Å². The van der Waals surface area contributed by atoms with Gasteiger partial charge in [0.05, 0.1) is 0 Å². The maximum Gasteiger partial charge on any atom is 0.253 e. The van der Waals surface area contributed by atoms with Crippen LogP contribution in [0.2, 0.25) is 0 Å². The van der Waals surface area contributed by atoms with Crippen molar-refractivity contribution in [2.24, 2.45) is 0 Å². The first-order chi connectivity index (χ1) is 21.3. The maximum absolute atomic E-state index is 6.49. The molecule has 0 aromatic heterocycles. The van der Waals surface area contributed by atoms with E-state index in [1.54, 1.807) is 0 Å². The lowest BCUT2D eigenvalue weighted by atomic mass is 9.32. The van der Waals surface area contributed by atoms with Gasteiger partial charge in [-0.3, -0.25) is 0 Å². The highest BCUT2D eigenvalue weighted by Crippen LogP contribution is 2.40. The van der Waals surface area contributed by atoms with Crippen molar-refractivity contribution < 1.29 is 4.74 Å². The number of ether oxygens (including phenoxy) is 1. The van der Waals surface area contributed by atoms with Crippen molar-refractivity contribution in [1.82, 2.24) is 0 Å². The molecule has 0 fully saturated rings. The summed E-state index contributed by atoms with van der Waals surface area (Å²) in [5.74, 6) is 3.31. The SMILES string of the molecule is CC(C)c1cc(C(C)C)c(B2c3ccccc3Sc3cc4c(cc32)B2c3ccccc3Oc3cccc(c32)S4)c(C(C)C)c1. The highest BCUT2D eigenvalue weighted by molar-refractivity contribution is 8.01.